The predicted octanol–water partition coefficient (Wildman–Crippen LogP) is 3.21. The summed E-state index contributed by atoms with van der Waals surface area (Å²) < 4.78 is 0. The molecule has 0 aliphatic carbocycles. The summed E-state index contributed by atoms with van der Waals surface area (Å²) in [5, 5.41) is 14.0. The normalized spacial score (nSPS) is 20.2. The number of rotatable bonds is 4. The summed E-state index contributed by atoms with van der Waals surface area (Å²) in [6, 6.07) is 6.86. The molecule has 2 rings (SSSR count). The van der Waals surface area contributed by atoms with Gasteiger partial charge in [0.1, 0.15) is 0 Å². The van der Waals surface area contributed by atoms with Gasteiger partial charge in [0.15, 0.2) is 0 Å². The minimum atomic E-state index is -0.503. The molecule has 2 nitrogen and oxygen atoms in total. The Morgan fingerprint density at radius 2 is 2.00 bits per heavy atom. The third-order valence-electron chi connectivity index (χ3n) is 4.06. The summed E-state index contributed by atoms with van der Waals surface area (Å²) in [6.07, 6.45) is 1.81. The van der Waals surface area contributed by atoms with Gasteiger partial charge in [-0.3, -0.25) is 0 Å². The summed E-state index contributed by atoms with van der Waals surface area (Å²) >= 11 is 1.94. The van der Waals surface area contributed by atoms with Gasteiger partial charge < -0.3 is 10.4 Å². The molecule has 0 bridgehead atoms. The molecule has 1 aromatic carbocycles. The fourth-order valence-electron chi connectivity index (χ4n) is 2.61. The first-order valence-electron chi connectivity index (χ1n) is 7.11. The van der Waals surface area contributed by atoms with Crippen LogP contribution < -0.4 is 5.32 Å². The summed E-state index contributed by atoms with van der Waals surface area (Å²) in [7, 11) is 0. The molecule has 1 heterocycles. The van der Waals surface area contributed by atoms with Gasteiger partial charge in [0.2, 0.25) is 0 Å². The van der Waals surface area contributed by atoms with Crippen molar-refractivity contribution in [2.75, 3.05) is 18.1 Å². The molecule has 2 N–H and O–H groups in total. The minimum Gasteiger partial charge on any atom is -0.389 e. The van der Waals surface area contributed by atoms with Gasteiger partial charge in [-0.15, -0.1) is 0 Å². The van der Waals surface area contributed by atoms with Crippen molar-refractivity contribution in [3.63, 3.8) is 0 Å². The smallest absolute Gasteiger partial charge is 0.0787 e. The van der Waals surface area contributed by atoms with Crippen molar-refractivity contribution in [3.05, 3.63) is 34.9 Å². The Labute approximate surface area is 121 Å². The Bertz CT molecular complexity index is 427. The second-order valence-electron chi connectivity index (χ2n) is 5.80. The van der Waals surface area contributed by atoms with Gasteiger partial charge in [0.25, 0.3) is 0 Å². The zero-order valence-corrected chi connectivity index (χ0v) is 13.0. The van der Waals surface area contributed by atoms with Crippen molar-refractivity contribution in [1.82, 2.24) is 5.32 Å². The Hall–Kier alpha value is -0.510. The molecular weight excluding hydrogens is 254 g/mol. The lowest BCUT2D eigenvalue weighted by atomic mass is 9.95. The maximum atomic E-state index is 10.5. The molecule has 106 valence electrons. The van der Waals surface area contributed by atoms with E-state index in [4.69, 9.17) is 0 Å². The van der Waals surface area contributed by atoms with Crippen LogP contribution in [-0.2, 0) is 0 Å². The molecule has 19 heavy (non-hydrogen) atoms. The van der Waals surface area contributed by atoms with Crippen molar-refractivity contribution in [2.45, 2.75) is 45.3 Å². The first kappa shape index (κ1) is 14.9. The van der Waals surface area contributed by atoms with Gasteiger partial charge in [-0.05, 0) is 56.2 Å². The van der Waals surface area contributed by atoms with Crippen LogP contribution in [-0.4, -0.2) is 28.8 Å². The average molecular weight is 279 g/mol. The van der Waals surface area contributed by atoms with Gasteiger partial charge in [0.05, 0.1) is 5.60 Å². The van der Waals surface area contributed by atoms with E-state index >= 15 is 0 Å². The molecule has 0 radical (unpaired) electrons. The molecule has 1 aliphatic rings. The molecule has 1 aliphatic heterocycles. The van der Waals surface area contributed by atoms with Crippen molar-refractivity contribution in [2.24, 2.45) is 0 Å². The summed E-state index contributed by atoms with van der Waals surface area (Å²) in [5.41, 5.74) is 3.45. The van der Waals surface area contributed by atoms with Crippen LogP contribution in [0.4, 0.5) is 0 Å². The summed E-state index contributed by atoms with van der Waals surface area (Å²) in [5.74, 6) is 2.16. The molecule has 1 unspecified atom stereocenters. The van der Waals surface area contributed by atoms with Crippen molar-refractivity contribution >= 4 is 11.8 Å². The van der Waals surface area contributed by atoms with Crippen molar-refractivity contribution < 1.29 is 5.11 Å². The molecule has 3 heteroatoms. The van der Waals surface area contributed by atoms with Crippen LogP contribution in [0.3, 0.4) is 0 Å². The van der Waals surface area contributed by atoms with E-state index in [1.165, 1.54) is 16.7 Å². The highest BCUT2D eigenvalue weighted by Gasteiger charge is 2.29. The molecule has 1 saturated heterocycles. The van der Waals surface area contributed by atoms with Crippen molar-refractivity contribution in [3.8, 4) is 0 Å². The lowest BCUT2D eigenvalue weighted by Gasteiger charge is -2.33. The Kier molecular flexibility index (Phi) is 4.93. The highest BCUT2D eigenvalue weighted by atomic mass is 32.2. The van der Waals surface area contributed by atoms with Crippen LogP contribution in [0.1, 0.15) is 42.5 Å². The highest BCUT2D eigenvalue weighted by molar-refractivity contribution is 7.99. The Balaban J connectivity index is 1.97. The number of hydrogen-bond donors (Lipinski definition) is 2. The fourth-order valence-corrected chi connectivity index (χ4v) is 3.86. The number of hydrogen-bond acceptors (Lipinski definition) is 3. The van der Waals surface area contributed by atoms with Gasteiger partial charge in [0, 0.05) is 12.6 Å². The number of aliphatic hydroxyl groups is 1. The largest absolute Gasteiger partial charge is 0.389 e. The van der Waals surface area contributed by atoms with Crippen LogP contribution in [0.15, 0.2) is 18.2 Å². The first-order valence-corrected chi connectivity index (χ1v) is 8.26. The third-order valence-corrected chi connectivity index (χ3v) is 5.05. The molecular formula is C16H25NOS. The van der Waals surface area contributed by atoms with E-state index in [1.54, 1.807) is 0 Å². The molecule has 0 spiro atoms. The van der Waals surface area contributed by atoms with E-state index < -0.39 is 5.60 Å². The van der Waals surface area contributed by atoms with E-state index in [1.807, 2.05) is 11.8 Å². The van der Waals surface area contributed by atoms with E-state index in [0.717, 1.165) is 24.3 Å². The lowest BCUT2D eigenvalue weighted by Crippen LogP contribution is -2.44. The zero-order valence-electron chi connectivity index (χ0n) is 12.2. The molecule has 0 aromatic heterocycles. The van der Waals surface area contributed by atoms with Crippen LogP contribution in [0, 0.1) is 13.8 Å². The lowest BCUT2D eigenvalue weighted by molar-refractivity contribution is 0.0300. The van der Waals surface area contributed by atoms with Crippen LogP contribution in [0.5, 0.6) is 0 Å². The predicted molar refractivity (Wildman–Crippen MR) is 83.8 cm³/mol. The standard InChI is InChI=1S/C16H25NOS/c1-12-4-5-13(2)15(10-12)14(3)17-11-16(18)6-8-19-9-7-16/h4-5,10,14,17-18H,6-9,11H2,1-3H3. The van der Waals surface area contributed by atoms with Gasteiger partial charge in [-0.2, -0.15) is 11.8 Å². The maximum absolute atomic E-state index is 10.5. The van der Waals surface area contributed by atoms with E-state index in [-0.39, 0.29) is 0 Å². The molecule has 1 atom stereocenters. The Morgan fingerprint density at radius 3 is 2.68 bits per heavy atom. The number of aryl methyl sites for hydroxylation is 2. The van der Waals surface area contributed by atoms with Crippen LogP contribution >= 0.6 is 11.8 Å². The second-order valence-corrected chi connectivity index (χ2v) is 7.02. The topological polar surface area (TPSA) is 32.3 Å². The van der Waals surface area contributed by atoms with E-state index in [9.17, 15) is 5.11 Å². The highest BCUT2D eigenvalue weighted by Crippen LogP contribution is 2.27. The summed E-state index contributed by atoms with van der Waals surface area (Å²) in [4.78, 5) is 0. The van der Waals surface area contributed by atoms with E-state index in [2.05, 4.69) is 44.3 Å². The summed E-state index contributed by atoms with van der Waals surface area (Å²) in [6.45, 7) is 7.16. The van der Waals surface area contributed by atoms with Crippen LogP contribution in [0.25, 0.3) is 0 Å². The van der Waals surface area contributed by atoms with Crippen LogP contribution in [0.2, 0.25) is 0 Å². The van der Waals surface area contributed by atoms with Crippen molar-refractivity contribution in [1.29, 1.82) is 0 Å². The quantitative estimate of drug-likeness (QED) is 0.887. The molecule has 0 saturated carbocycles. The van der Waals surface area contributed by atoms with E-state index in [0.29, 0.717) is 12.6 Å². The zero-order chi connectivity index (χ0) is 13.9. The molecule has 0 amide bonds. The average Bonchev–Trinajstić information content (AvgIpc) is 2.40. The second kappa shape index (κ2) is 6.29. The molecule has 1 fully saturated rings. The fraction of sp³-hybridized carbons (Fsp3) is 0.625. The Morgan fingerprint density at radius 1 is 1.32 bits per heavy atom. The number of nitrogens with one attached hydrogen (secondary N) is 1. The molecule has 1 aromatic rings. The maximum Gasteiger partial charge on any atom is 0.0787 e. The first-order chi connectivity index (χ1) is 9.00. The van der Waals surface area contributed by atoms with Gasteiger partial charge in [-0.1, -0.05) is 23.8 Å². The third kappa shape index (κ3) is 3.98. The van der Waals surface area contributed by atoms with Gasteiger partial charge in [-0.25, -0.2) is 0 Å². The number of thioether (sulfide) groups is 1. The number of benzene rings is 1. The monoisotopic (exact) mass is 279 g/mol. The van der Waals surface area contributed by atoms with Gasteiger partial charge >= 0.3 is 0 Å². The minimum absolute atomic E-state index is 0.290. The SMILES string of the molecule is Cc1ccc(C)c(C(C)NCC2(O)CCSCC2)c1.